The molecule has 318 valence electrons. The van der Waals surface area contributed by atoms with Gasteiger partial charge in [0.2, 0.25) is 0 Å². The minimum atomic E-state index is -4.39. The monoisotopic (exact) mass is 787 g/mol. The van der Waals surface area contributed by atoms with Gasteiger partial charge in [-0.3, -0.25) is 18.6 Å². The number of rotatable bonds is 40. The molecule has 0 radical (unpaired) electrons. The molecule has 0 heterocycles. The molecule has 0 spiro atoms. The average molecular weight is 787 g/mol. The van der Waals surface area contributed by atoms with Gasteiger partial charge in [-0.2, -0.15) is 0 Å². The smallest absolute Gasteiger partial charge is 0.462 e. The van der Waals surface area contributed by atoms with Gasteiger partial charge in [-0.15, -0.1) is 0 Å². The van der Waals surface area contributed by atoms with Crippen LogP contribution in [0.15, 0.2) is 24.3 Å². The van der Waals surface area contributed by atoms with Crippen LogP contribution in [-0.2, 0) is 32.7 Å². The molecule has 0 aliphatic rings. The van der Waals surface area contributed by atoms with E-state index in [1.165, 1.54) is 128 Å². The van der Waals surface area contributed by atoms with E-state index < -0.39 is 32.5 Å². The third-order valence-electron chi connectivity index (χ3n) is 9.48. The zero-order valence-corrected chi connectivity index (χ0v) is 36.6. The SMILES string of the molecule is CCCCCCCCCCCCC/C=C/CCC(=O)OCC(COP(=O)(O)OCC[N+](C)(C)C)OC(=O)CC/C=C/CCCCCCCCCCCCC. The number of hydrogen-bond donors (Lipinski definition) is 1. The number of phosphoric ester groups is 1. The van der Waals surface area contributed by atoms with E-state index in [-0.39, 0.29) is 26.1 Å². The summed E-state index contributed by atoms with van der Waals surface area (Å²) in [6, 6.07) is 0. The number of unbranched alkanes of at least 4 members (excludes halogenated alkanes) is 22. The molecule has 0 rings (SSSR count). The standard InChI is InChI=1S/C44H84NO8P/c1-6-8-10-12-14-16-18-20-22-24-26-28-30-32-34-36-43(46)50-40-42(41-52-54(48,49)51-39-38-45(3,4)5)53-44(47)37-35-33-31-29-27-25-23-21-19-17-15-13-11-9-7-2/h30-33,42H,6-29,34-41H2,1-5H3/p+1/b32-30+,33-31+. The Hall–Kier alpha value is -1.51. The summed E-state index contributed by atoms with van der Waals surface area (Å²) in [6.07, 6.45) is 39.6. The molecule has 0 saturated carbocycles. The van der Waals surface area contributed by atoms with Crippen LogP contribution in [0.5, 0.6) is 0 Å². The number of carbonyl (C=O) groups is 2. The van der Waals surface area contributed by atoms with Crippen molar-refractivity contribution in [3.8, 4) is 0 Å². The van der Waals surface area contributed by atoms with E-state index in [0.717, 1.165) is 25.7 Å². The molecule has 0 aliphatic carbocycles. The van der Waals surface area contributed by atoms with E-state index in [1.54, 1.807) is 0 Å². The number of likely N-dealkylation sites (N-methyl/N-ethyl adjacent to an activating group) is 1. The Morgan fingerprint density at radius 3 is 1.37 bits per heavy atom. The Morgan fingerprint density at radius 1 is 0.556 bits per heavy atom. The lowest BCUT2D eigenvalue weighted by Crippen LogP contribution is -2.37. The Labute approximate surface area is 332 Å². The maximum atomic E-state index is 12.6. The fourth-order valence-corrected chi connectivity index (χ4v) is 6.73. The van der Waals surface area contributed by atoms with Crippen LogP contribution in [0.4, 0.5) is 0 Å². The van der Waals surface area contributed by atoms with Crippen molar-refractivity contribution in [3.05, 3.63) is 24.3 Å². The van der Waals surface area contributed by atoms with Gasteiger partial charge in [0.05, 0.1) is 27.7 Å². The van der Waals surface area contributed by atoms with Crippen molar-refractivity contribution in [2.45, 2.75) is 200 Å². The highest BCUT2D eigenvalue weighted by atomic mass is 31.2. The number of ether oxygens (including phenoxy) is 2. The van der Waals surface area contributed by atoms with Gasteiger partial charge < -0.3 is 18.9 Å². The molecule has 0 aliphatic heterocycles. The van der Waals surface area contributed by atoms with Gasteiger partial charge in [-0.25, -0.2) is 4.57 Å². The number of nitrogens with zero attached hydrogens (tertiary/aromatic N) is 1. The minimum absolute atomic E-state index is 0.0228. The van der Waals surface area contributed by atoms with E-state index in [0.29, 0.717) is 23.9 Å². The molecular weight excluding hydrogens is 701 g/mol. The molecule has 0 aromatic carbocycles. The van der Waals surface area contributed by atoms with Crippen LogP contribution in [-0.4, -0.2) is 74.9 Å². The second kappa shape index (κ2) is 37.1. The van der Waals surface area contributed by atoms with E-state index >= 15 is 0 Å². The third kappa shape index (κ3) is 40.2. The highest BCUT2D eigenvalue weighted by molar-refractivity contribution is 7.47. The molecule has 1 N–H and O–H groups in total. The number of hydrogen-bond acceptors (Lipinski definition) is 7. The first-order valence-electron chi connectivity index (χ1n) is 22.1. The molecule has 9 nitrogen and oxygen atoms in total. The van der Waals surface area contributed by atoms with Crippen molar-refractivity contribution in [2.75, 3.05) is 47.5 Å². The molecule has 10 heteroatoms. The predicted molar refractivity (Wildman–Crippen MR) is 224 cm³/mol. The van der Waals surface area contributed by atoms with Crippen LogP contribution in [0.1, 0.15) is 194 Å². The van der Waals surface area contributed by atoms with Crippen molar-refractivity contribution in [1.29, 1.82) is 0 Å². The van der Waals surface area contributed by atoms with Gasteiger partial charge in [0.15, 0.2) is 6.10 Å². The fraction of sp³-hybridized carbons (Fsp3) is 0.864. The van der Waals surface area contributed by atoms with Crippen LogP contribution in [0.2, 0.25) is 0 Å². The summed E-state index contributed by atoms with van der Waals surface area (Å²) in [5.74, 6) is -0.907. The van der Waals surface area contributed by atoms with Gasteiger partial charge in [-0.05, 0) is 38.5 Å². The number of quaternary nitrogens is 1. The van der Waals surface area contributed by atoms with Crippen molar-refractivity contribution in [3.63, 3.8) is 0 Å². The van der Waals surface area contributed by atoms with Gasteiger partial charge in [0, 0.05) is 12.8 Å². The summed E-state index contributed by atoms with van der Waals surface area (Å²) in [5.41, 5.74) is 0. The van der Waals surface area contributed by atoms with Crippen LogP contribution in [0.3, 0.4) is 0 Å². The van der Waals surface area contributed by atoms with Gasteiger partial charge in [-0.1, -0.05) is 167 Å². The van der Waals surface area contributed by atoms with E-state index in [1.807, 2.05) is 33.3 Å². The Bertz CT molecular complexity index is 980. The highest BCUT2D eigenvalue weighted by Gasteiger charge is 2.27. The van der Waals surface area contributed by atoms with Gasteiger partial charge in [0.1, 0.15) is 19.8 Å². The molecule has 0 amide bonds. The topological polar surface area (TPSA) is 108 Å². The minimum Gasteiger partial charge on any atom is -0.462 e. The normalized spacial score (nSPS) is 13.8. The first-order valence-corrected chi connectivity index (χ1v) is 23.6. The maximum Gasteiger partial charge on any atom is 0.472 e. The summed E-state index contributed by atoms with van der Waals surface area (Å²) < 4.78 is 34.2. The first-order chi connectivity index (χ1) is 26.0. The first kappa shape index (κ1) is 52.5. The summed E-state index contributed by atoms with van der Waals surface area (Å²) in [5, 5.41) is 0. The zero-order valence-electron chi connectivity index (χ0n) is 35.7. The van der Waals surface area contributed by atoms with Gasteiger partial charge >= 0.3 is 19.8 Å². The molecule has 0 saturated heterocycles. The highest BCUT2D eigenvalue weighted by Crippen LogP contribution is 2.43. The molecule has 0 fully saturated rings. The number of phosphoric acid groups is 1. The Balaban J connectivity index is 4.43. The summed E-state index contributed by atoms with van der Waals surface area (Å²) >= 11 is 0. The molecule has 0 bridgehead atoms. The predicted octanol–water partition coefficient (Wildman–Crippen LogP) is 12.4. The van der Waals surface area contributed by atoms with Gasteiger partial charge in [0.25, 0.3) is 0 Å². The second-order valence-corrected chi connectivity index (χ2v) is 17.5. The quantitative estimate of drug-likeness (QED) is 0.0215. The molecule has 2 atom stereocenters. The lowest BCUT2D eigenvalue weighted by atomic mass is 10.1. The average Bonchev–Trinajstić information content (AvgIpc) is 3.12. The third-order valence-corrected chi connectivity index (χ3v) is 10.5. The summed E-state index contributed by atoms with van der Waals surface area (Å²) in [6.45, 7) is 4.35. The van der Waals surface area contributed by atoms with Crippen molar-refractivity contribution in [2.24, 2.45) is 0 Å². The number of allylic oxidation sites excluding steroid dienone is 4. The van der Waals surface area contributed by atoms with Crippen molar-refractivity contribution in [1.82, 2.24) is 0 Å². The Kier molecular flexibility index (Phi) is 36.1. The second-order valence-electron chi connectivity index (χ2n) is 16.1. The van der Waals surface area contributed by atoms with E-state index in [4.69, 9.17) is 18.5 Å². The number of esters is 2. The Morgan fingerprint density at radius 2 is 0.944 bits per heavy atom. The lowest BCUT2D eigenvalue weighted by molar-refractivity contribution is -0.870. The number of carbonyl (C=O) groups excluding carboxylic acids is 2. The largest absolute Gasteiger partial charge is 0.472 e. The summed E-state index contributed by atoms with van der Waals surface area (Å²) in [7, 11) is 1.45. The zero-order chi connectivity index (χ0) is 40.0. The van der Waals surface area contributed by atoms with Crippen LogP contribution in [0, 0.1) is 0 Å². The fourth-order valence-electron chi connectivity index (χ4n) is 5.99. The van der Waals surface area contributed by atoms with Crippen LogP contribution >= 0.6 is 7.82 Å². The maximum absolute atomic E-state index is 12.6. The molecule has 54 heavy (non-hydrogen) atoms. The van der Waals surface area contributed by atoms with Crippen molar-refractivity contribution >= 4 is 19.8 Å². The molecule has 2 unspecified atom stereocenters. The molecular formula is C44H85NO8P+. The van der Waals surface area contributed by atoms with Crippen LogP contribution in [0.25, 0.3) is 0 Å². The van der Waals surface area contributed by atoms with Crippen molar-refractivity contribution < 1.29 is 42.1 Å². The summed E-state index contributed by atoms with van der Waals surface area (Å²) in [4.78, 5) is 35.3. The molecule has 0 aromatic heterocycles. The lowest BCUT2D eigenvalue weighted by Gasteiger charge is -2.24. The van der Waals surface area contributed by atoms with E-state index in [9.17, 15) is 19.0 Å². The van der Waals surface area contributed by atoms with E-state index in [2.05, 4.69) is 26.0 Å². The van der Waals surface area contributed by atoms with Crippen LogP contribution < -0.4 is 0 Å². The molecule has 0 aromatic rings.